The molecule has 2 bridgehead atoms. The van der Waals surface area contributed by atoms with Crippen LogP contribution in [-0.2, 0) is 0 Å². The monoisotopic (exact) mass is 373 g/mol. The molecule has 148 valence electrons. The van der Waals surface area contributed by atoms with Gasteiger partial charge in [0.15, 0.2) is 6.17 Å². The molecule has 3 heterocycles. The van der Waals surface area contributed by atoms with Crippen LogP contribution in [0.1, 0.15) is 65.2 Å². The predicted octanol–water partition coefficient (Wildman–Crippen LogP) is 2.10. The van der Waals surface area contributed by atoms with Gasteiger partial charge in [-0.3, -0.25) is 9.80 Å². The van der Waals surface area contributed by atoms with Crippen LogP contribution < -0.4 is 10.6 Å². The number of amidine groups is 1. The Kier molecular flexibility index (Phi) is 3.77. The molecule has 7 nitrogen and oxygen atoms in total. The first-order chi connectivity index (χ1) is 13.0. The second-order valence-corrected chi connectivity index (χ2v) is 9.08. The number of hydrogen-bond acceptors (Lipinski definition) is 5. The second-order valence-electron chi connectivity index (χ2n) is 9.08. The third kappa shape index (κ3) is 2.43. The molecule has 4 fully saturated rings. The number of hydrogen-bond donors (Lipinski definition) is 3. The third-order valence-electron chi connectivity index (χ3n) is 7.47. The Hall–Kier alpha value is -1.76. The molecule has 27 heavy (non-hydrogen) atoms. The number of urea groups is 1. The zero-order valence-electron chi connectivity index (χ0n) is 16.4. The molecule has 2 amide bonds. The molecule has 1 saturated heterocycles. The Balaban J connectivity index is 1.50. The summed E-state index contributed by atoms with van der Waals surface area (Å²) in [5.41, 5.74) is 0.650. The molecule has 2 atom stereocenters. The second kappa shape index (κ2) is 5.87. The fourth-order valence-electron chi connectivity index (χ4n) is 5.58. The molecule has 7 heteroatoms. The lowest BCUT2D eigenvalue weighted by molar-refractivity contribution is -0.0705. The van der Waals surface area contributed by atoms with Crippen molar-refractivity contribution in [2.75, 3.05) is 13.1 Å². The number of nitrogens with zero attached hydrogens (tertiary/aromatic N) is 3. The van der Waals surface area contributed by atoms with E-state index in [0.717, 1.165) is 81.8 Å². The van der Waals surface area contributed by atoms with Gasteiger partial charge in [-0.15, -0.1) is 0 Å². The van der Waals surface area contributed by atoms with Crippen molar-refractivity contribution in [3.05, 3.63) is 11.5 Å². The van der Waals surface area contributed by atoms with Crippen LogP contribution in [0.4, 0.5) is 4.79 Å². The van der Waals surface area contributed by atoms with Crippen LogP contribution in [0, 0.1) is 5.41 Å². The van der Waals surface area contributed by atoms with Crippen molar-refractivity contribution in [3.63, 3.8) is 0 Å². The molecule has 0 aromatic rings. The number of carbonyl (C=O) groups is 1. The summed E-state index contributed by atoms with van der Waals surface area (Å²) >= 11 is 0. The quantitative estimate of drug-likeness (QED) is 0.705. The fraction of sp³-hybridized carbons (Fsp3) is 0.800. The molecule has 3 saturated carbocycles. The van der Waals surface area contributed by atoms with Gasteiger partial charge in [0.2, 0.25) is 0 Å². The minimum absolute atomic E-state index is 0.0455. The zero-order valence-corrected chi connectivity index (χ0v) is 16.4. The highest BCUT2D eigenvalue weighted by molar-refractivity contribution is 5.94. The third-order valence-corrected chi connectivity index (χ3v) is 7.47. The Morgan fingerprint density at radius 3 is 2.52 bits per heavy atom. The molecule has 3 aliphatic carbocycles. The molecule has 0 radical (unpaired) electrons. The molecule has 1 unspecified atom stereocenters. The molecule has 0 aromatic carbocycles. The number of rotatable bonds is 4. The van der Waals surface area contributed by atoms with Crippen LogP contribution in [0.5, 0.6) is 0 Å². The summed E-state index contributed by atoms with van der Waals surface area (Å²) in [5.74, 6) is 1.98. The van der Waals surface area contributed by atoms with E-state index in [9.17, 15) is 9.90 Å². The van der Waals surface area contributed by atoms with Crippen molar-refractivity contribution in [2.24, 2.45) is 10.4 Å². The lowest BCUT2D eigenvalue weighted by atomic mass is 9.58. The summed E-state index contributed by atoms with van der Waals surface area (Å²) in [7, 11) is 0. The summed E-state index contributed by atoms with van der Waals surface area (Å²) in [6.07, 6.45) is 7.25. The van der Waals surface area contributed by atoms with Crippen LogP contribution in [0.3, 0.4) is 0 Å². The Morgan fingerprint density at radius 2 is 1.89 bits per heavy atom. The summed E-state index contributed by atoms with van der Waals surface area (Å²) < 4.78 is 0. The van der Waals surface area contributed by atoms with E-state index in [4.69, 9.17) is 4.99 Å². The topological polar surface area (TPSA) is 80.2 Å². The van der Waals surface area contributed by atoms with Crippen molar-refractivity contribution >= 4 is 11.9 Å². The smallest absolute Gasteiger partial charge is 0.327 e. The van der Waals surface area contributed by atoms with Gasteiger partial charge in [0.25, 0.3) is 0 Å². The van der Waals surface area contributed by atoms with Crippen molar-refractivity contribution in [1.82, 2.24) is 20.4 Å². The van der Waals surface area contributed by atoms with Gasteiger partial charge in [-0.05, 0) is 51.4 Å². The Labute approximate surface area is 160 Å². The molecular weight excluding hydrogens is 342 g/mol. The number of nitrogens with one attached hydrogen (secondary N) is 2. The van der Waals surface area contributed by atoms with Crippen molar-refractivity contribution in [2.45, 2.75) is 83.0 Å². The SMILES string of the molecule is CCCN1C(=O)N2C[C@@H](CC)NC2=C2NC(C34CCC(O)(CC3)CC4)=NC21. The highest BCUT2D eigenvalue weighted by Crippen LogP contribution is 2.53. The minimum atomic E-state index is -0.446. The summed E-state index contributed by atoms with van der Waals surface area (Å²) in [4.78, 5) is 22.1. The van der Waals surface area contributed by atoms with E-state index in [-0.39, 0.29) is 17.6 Å². The minimum Gasteiger partial charge on any atom is -0.390 e. The van der Waals surface area contributed by atoms with E-state index >= 15 is 0 Å². The summed E-state index contributed by atoms with van der Waals surface area (Å²) in [5, 5.41) is 17.8. The van der Waals surface area contributed by atoms with Gasteiger partial charge in [-0.1, -0.05) is 13.8 Å². The fourth-order valence-corrected chi connectivity index (χ4v) is 5.58. The first kappa shape index (κ1) is 17.3. The van der Waals surface area contributed by atoms with E-state index in [1.165, 1.54) is 0 Å². The maximum absolute atomic E-state index is 13.1. The molecule has 6 aliphatic rings. The lowest BCUT2D eigenvalue weighted by Crippen LogP contribution is -2.54. The van der Waals surface area contributed by atoms with E-state index < -0.39 is 5.60 Å². The number of aliphatic imine (C=N–C) groups is 1. The van der Waals surface area contributed by atoms with E-state index in [0.29, 0.717) is 6.04 Å². The molecule has 3 N–H and O–H groups in total. The number of fused-ring (bicyclic) bond motifs is 5. The van der Waals surface area contributed by atoms with Gasteiger partial charge in [-0.2, -0.15) is 0 Å². The van der Waals surface area contributed by atoms with E-state index in [1.54, 1.807) is 0 Å². The van der Waals surface area contributed by atoms with Gasteiger partial charge in [0, 0.05) is 24.5 Å². The highest BCUT2D eigenvalue weighted by Gasteiger charge is 2.54. The highest BCUT2D eigenvalue weighted by atomic mass is 16.3. The predicted molar refractivity (Wildman–Crippen MR) is 103 cm³/mol. The van der Waals surface area contributed by atoms with Crippen LogP contribution in [0.25, 0.3) is 0 Å². The standard InChI is InChI=1S/C20H31N5O2/c1-3-11-24-16-14(15-21-13(4-2)12-25(15)18(24)26)22-17(23-16)19-5-8-20(27,9-6-19)10-7-19/h13,16,21,27H,3-12H2,1-2H3,(H,22,23)/t13-,16?,19?,20?/m1/s1. The Morgan fingerprint density at radius 1 is 1.19 bits per heavy atom. The average Bonchev–Trinajstić information content (AvgIpc) is 3.31. The van der Waals surface area contributed by atoms with E-state index in [1.807, 2.05) is 9.80 Å². The van der Waals surface area contributed by atoms with Gasteiger partial charge in [-0.25, -0.2) is 9.79 Å². The Bertz CT molecular complexity index is 705. The first-order valence-electron chi connectivity index (χ1n) is 10.7. The maximum atomic E-state index is 13.1. The van der Waals surface area contributed by atoms with Gasteiger partial charge in [0.1, 0.15) is 17.4 Å². The normalized spacial score (nSPS) is 40.0. The van der Waals surface area contributed by atoms with Crippen molar-refractivity contribution in [3.8, 4) is 0 Å². The summed E-state index contributed by atoms with van der Waals surface area (Å²) in [6.45, 7) is 5.72. The lowest BCUT2D eigenvalue weighted by Gasteiger charge is -2.50. The summed E-state index contributed by atoms with van der Waals surface area (Å²) in [6, 6.07) is 0.386. The first-order valence-corrected chi connectivity index (χ1v) is 10.7. The maximum Gasteiger partial charge on any atom is 0.327 e. The van der Waals surface area contributed by atoms with Gasteiger partial charge < -0.3 is 15.7 Å². The van der Waals surface area contributed by atoms with E-state index in [2.05, 4.69) is 24.5 Å². The van der Waals surface area contributed by atoms with Crippen LogP contribution in [0.15, 0.2) is 16.5 Å². The van der Waals surface area contributed by atoms with Crippen LogP contribution in [0.2, 0.25) is 0 Å². The van der Waals surface area contributed by atoms with Gasteiger partial charge in [0.05, 0.1) is 5.60 Å². The van der Waals surface area contributed by atoms with Crippen molar-refractivity contribution in [1.29, 1.82) is 0 Å². The number of carbonyl (C=O) groups excluding carboxylic acids is 1. The average molecular weight is 374 g/mol. The number of amides is 2. The van der Waals surface area contributed by atoms with Gasteiger partial charge >= 0.3 is 6.03 Å². The van der Waals surface area contributed by atoms with Crippen LogP contribution in [-0.4, -0.2) is 57.7 Å². The molecule has 6 rings (SSSR count). The molecule has 0 spiro atoms. The zero-order chi connectivity index (χ0) is 18.8. The van der Waals surface area contributed by atoms with Crippen LogP contribution >= 0.6 is 0 Å². The number of aliphatic hydroxyl groups is 1. The largest absolute Gasteiger partial charge is 0.390 e. The molecule has 0 aromatic heterocycles. The van der Waals surface area contributed by atoms with Crippen molar-refractivity contribution < 1.29 is 9.90 Å². The molecular formula is C20H31N5O2. The molecule has 3 aliphatic heterocycles.